The summed E-state index contributed by atoms with van der Waals surface area (Å²) in [5, 5.41) is 7.93. The van der Waals surface area contributed by atoms with Crippen molar-refractivity contribution in [2.45, 2.75) is 45.6 Å². The third-order valence-electron chi connectivity index (χ3n) is 2.78. The van der Waals surface area contributed by atoms with Crippen molar-refractivity contribution in [3.05, 3.63) is 18.0 Å². The van der Waals surface area contributed by atoms with Crippen LogP contribution in [0.15, 0.2) is 12.3 Å². The summed E-state index contributed by atoms with van der Waals surface area (Å²) in [6.07, 6.45) is 3.12. The Morgan fingerprint density at radius 2 is 2.20 bits per heavy atom. The van der Waals surface area contributed by atoms with E-state index >= 15 is 0 Å². The Hall–Kier alpha value is -0.830. The second-order valence-electron chi connectivity index (χ2n) is 4.92. The fourth-order valence-electron chi connectivity index (χ4n) is 2.07. The van der Waals surface area contributed by atoms with Gasteiger partial charge in [-0.25, -0.2) is 0 Å². The van der Waals surface area contributed by atoms with Crippen LogP contribution >= 0.6 is 0 Å². The summed E-state index contributed by atoms with van der Waals surface area (Å²) >= 11 is 0. The number of nitrogens with one attached hydrogen (secondary N) is 1. The van der Waals surface area contributed by atoms with Crippen molar-refractivity contribution in [1.82, 2.24) is 15.1 Å². The van der Waals surface area contributed by atoms with Crippen LogP contribution in [0.3, 0.4) is 0 Å². The number of rotatable bonds is 5. The smallest absolute Gasteiger partial charge is 0.0681 e. The van der Waals surface area contributed by atoms with E-state index in [-0.39, 0.29) is 5.41 Å². The highest BCUT2D eigenvalue weighted by Gasteiger charge is 2.25. The normalized spacial score (nSPS) is 14.2. The Morgan fingerprint density at radius 3 is 2.67 bits per heavy atom. The molecule has 0 bridgehead atoms. The second-order valence-corrected chi connectivity index (χ2v) is 4.92. The Morgan fingerprint density at radius 1 is 1.53 bits per heavy atom. The van der Waals surface area contributed by atoms with Gasteiger partial charge in [0.2, 0.25) is 0 Å². The minimum atomic E-state index is 0.142. The molecule has 86 valence electrons. The molecule has 15 heavy (non-hydrogen) atoms. The summed E-state index contributed by atoms with van der Waals surface area (Å²) in [5.41, 5.74) is 1.32. The highest BCUT2D eigenvalue weighted by Crippen LogP contribution is 2.26. The van der Waals surface area contributed by atoms with E-state index in [4.69, 9.17) is 0 Å². The van der Waals surface area contributed by atoms with Gasteiger partial charge in [-0.15, -0.1) is 0 Å². The quantitative estimate of drug-likeness (QED) is 0.804. The number of hydrogen-bond acceptors (Lipinski definition) is 2. The van der Waals surface area contributed by atoms with Gasteiger partial charge in [-0.05, 0) is 26.0 Å². The van der Waals surface area contributed by atoms with Crippen molar-refractivity contribution in [3.63, 3.8) is 0 Å². The third-order valence-corrected chi connectivity index (χ3v) is 2.78. The molecule has 0 saturated carbocycles. The summed E-state index contributed by atoms with van der Waals surface area (Å²) in [4.78, 5) is 0. The zero-order chi connectivity index (χ0) is 11.5. The molecule has 1 aromatic rings. The average Bonchev–Trinajstić information content (AvgIpc) is 2.51. The lowest BCUT2D eigenvalue weighted by Crippen LogP contribution is -2.33. The van der Waals surface area contributed by atoms with Crippen LogP contribution in [-0.4, -0.2) is 22.4 Å². The zero-order valence-corrected chi connectivity index (χ0v) is 10.5. The lowest BCUT2D eigenvalue weighted by Gasteiger charge is -2.26. The molecule has 1 rings (SSSR count). The molecule has 0 amide bonds. The van der Waals surface area contributed by atoms with Crippen molar-refractivity contribution in [2.24, 2.45) is 7.05 Å². The Balaban J connectivity index is 2.66. The first-order valence-electron chi connectivity index (χ1n) is 5.69. The van der Waals surface area contributed by atoms with Crippen LogP contribution in [0.25, 0.3) is 0 Å². The van der Waals surface area contributed by atoms with Gasteiger partial charge in [0.1, 0.15) is 0 Å². The van der Waals surface area contributed by atoms with Gasteiger partial charge in [0.15, 0.2) is 0 Å². The van der Waals surface area contributed by atoms with Gasteiger partial charge in [0.25, 0.3) is 0 Å². The van der Waals surface area contributed by atoms with E-state index < -0.39 is 0 Å². The van der Waals surface area contributed by atoms with E-state index in [1.165, 1.54) is 5.69 Å². The molecule has 0 aliphatic carbocycles. The molecule has 0 spiro atoms. The summed E-state index contributed by atoms with van der Waals surface area (Å²) in [6, 6.07) is 2.64. The number of nitrogens with zero attached hydrogens (tertiary/aromatic N) is 2. The highest BCUT2D eigenvalue weighted by atomic mass is 15.2. The first-order chi connectivity index (χ1) is 6.95. The lowest BCUT2D eigenvalue weighted by molar-refractivity contribution is 0.384. The van der Waals surface area contributed by atoms with Gasteiger partial charge in [-0.3, -0.25) is 4.68 Å². The van der Waals surface area contributed by atoms with Crippen LogP contribution in [0, 0.1) is 0 Å². The largest absolute Gasteiger partial charge is 0.314 e. The summed E-state index contributed by atoms with van der Waals surface area (Å²) in [7, 11) is 1.97. The van der Waals surface area contributed by atoms with E-state index in [1.54, 1.807) is 0 Å². The first-order valence-corrected chi connectivity index (χ1v) is 5.69. The topological polar surface area (TPSA) is 29.9 Å². The highest BCUT2D eigenvalue weighted by molar-refractivity contribution is 5.12. The molecule has 1 N–H and O–H groups in total. The first kappa shape index (κ1) is 12.2. The van der Waals surface area contributed by atoms with E-state index in [2.05, 4.69) is 44.2 Å². The Bertz CT molecular complexity index is 302. The van der Waals surface area contributed by atoms with E-state index in [0.717, 1.165) is 13.0 Å². The minimum absolute atomic E-state index is 0.142. The molecule has 1 heterocycles. The molecule has 0 aliphatic rings. The molecular weight excluding hydrogens is 186 g/mol. The molecule has 3 heteroatoms. The van der Waals surface area contributed by atoms with Crippen LogP contribution in [0.2, 0.25) is 0 Å². The van der Waals surface area contributed by atoms with Gasteiger partial charge in [0, 0.05) is 24.7 Å². The fourth-order valence-corrected chi connectivity index (χ4v) is 2.07. The Labute approximate surface area is 92.9 Å². The predicted molar refractivity (Wildman–Crippen MR) is 64.0 cm³/mol. The molecular formula is C12H23N3. The SMILES string of the molecule is CCNC(C)CC(C)(C)c1ccn(C)n1. The summed E-state index contributed by atoms with van der Waals surface area (Å²) in [6.45, 7) is 9.91. The predicted octanol–water partition coefficient (Wildman–Crippen LogP) is 2.09. The van der Waals surface area contributed by atoms with Crippen molar-refractivity contribution in [2.75, 3.05) is 6.54 Å². The van der Waals surface area contributed by atoms with Crippen LogP contribution in [0.4, 0.5) is 0 Å². The van der Waals surface area contributed by atoms with Gasteiger partial charge in [-0.2, -0.15) is 5.10 Å². The molecule has 0 aromatic carbocycles. The summed E-state index contributed by atoms with van der Waals surface area (Å²) in [5.74, 6) is 0. The number of hydrogen-bond donors (Lipinski definition) is 1. The van der Waals surface area contributed by atoms with Crippen molar-refractivity contribution < 1.29 is 0 Å². The van der Waals surface area contributed by atoms with Crippen LogP contribution < -0.4 is 5.32 Å². The molecule has 1 aromatic heterocycles. The number of aromatic nitrogens is 2. The fraction of sp³-hybridized carbons (Fsp3) is 0.750. The van der Waals surface area contributed by atoms with Crippen molar-refractivity contribution >= 4 is 0 Å². The van der Waals surface area contributed by atoms with Gasteiger partial charge < -0.3 is 5.32 Å². The molecule has 0 saturated heterocycles. The minimum Gasteiger partial charge on any atom is -0.314 e. The van der Waals surface area contributed by atoms with E-state index in [1.807, 2.05) is 17.9 Å². The molecule has 3 nitrogen and oxygen atoms in total. The van der Waals surface area contributed by atoms with Gasteiger partial charge in [-0.1, -0.05) is 20.8 Å². The third kappa shape index (κ3) is 3.34. The maximum atomic E-state index is 4.48. The van der Waals surface area contributed by atoms with Gasteiger partial charge >= 0.3 is 0 Å². The lowest BCUT2D eigenvalue weighted by atomic mass is 9.83. The second kappa shape index (κ2) is 4.79. The average molecular weight is 209 g/mol. The van der Waals surface area contributed by atoms with E-state index in [0.29, 0.717) is 6.04 Å². The number of aryl methyl sites for hydroxylation is 1. The van der Waals surface area contributed by atoms with Crippen LogP contribution in [0.5, 0.6) is 0 Å². The monoisotopic (exact) mass is 209 g/mol. The maximum absolute atomic E-state index is 4.48. The molecule has 1 unspecified atom stereocenters. The van der Waals surface area contributed by atoms with E-state index in [9.17, 15) is 0 Å². The van der Waals surface area contributed by atoms with Gasteiger partial charge in [0.05, 0.1) is 5.69 Å². The summed E-state index contributed by atoms with van der Waals surface area (Å²) < 4.78 is 1.87. The molecule has 0 radical (unpaired) electrons. The van der Waals surface area contributed by atoms with Crippen molar-refractivity contribution in [1.29, 1.82) is 0 Å². The van der Waals surface area contributed by atoms with Crippen LogP contribution in [-0.2, 0) is 12.5 Å². The maximum Gasteiger partial charge on any atom is 0.0681 e. The molecule has 1 atom stereocenters. The van der Waals surface area contributed by atoms with Crippen LogP contribution in [0.1, 0.15) is 39.8 Å². The molecule has 0 fully saturated rings. The Kier molecular flexibility index (Phi) is 3.91. The molecule has 0 aliphatic heterocycles. The van der Waals surface area contributed by atoms with Crippen molar-refractivity contribution in [3.8, 4) is 0 Å². The standard InChI is InChI=1S/C12H23N3/c1-6-13-10(2)9-12(3,4)11-7-8-15(5)14-11/h7-8,10,13H,6,9H2,1-5H3. The zero-order valence-electron chi connectivity index (χ0n) is 10.5.